The first kappa shape index (κ1) is 19.4. The summed E-state index contributed by atoms with van der Waals surface area (Å²) in [7, 11) is 1.88. The van der Waals surface area contributed by atoms with E-state index in [1.807, 2.05) is 30.4 Å². The zero-order valence-electron chi connectivity index (χ0n) is 16.5. The number of nitrogens with one attached hydrogen (secondary N) is 1. The van der Waals surface area contributed by atoms with Gasteiger partial charge in [-0.05, 0) is 38.3 Å². The molecule has 2 unspecified atom stereocenters. The van der Waals surface area contributed by atoms with Crippen LogP contribution in [0.15, 0.2) is 36.7 Å². The van der Waals surface area contributed by atoms with Crippen molar-refractivity contribution in [2.24, 2.45) is 13.0 Å². The third kappa shape index (κ3) is 5.07. The Morgan fingerprint density at radius 2 is 2.15 bits per heavy atom. The molecule has 2 atom stereocenters. The number of hydrogen-bond donors (Lipinski definition) is 1. The third-order valence-electron chi connectivity index (χ3n) is 5.24. The smallest absolute Gasteiger partial charge is 0.317 e. The summed E-state index contributed by atoms with van der Waals surface area (Å²) < 4.78 is 1.83. The van der Waals surface area contributed by atoms with Gasteiger partial charge in [0.2, 0.25) is 0 Å². The van der Waals surface area contributed by atoms with Crippen LogP contribution in [0.1, 0.15) is 37.7 Å². The molecule has 1 aliphatic heterocycles. The number of urea groups is 1. The molecule has 0 aliphatic carbocycles. The van der Waals surface area contributed by atoms with Crippen molar-refractivity contribution in [1.82, 2.24) is 29.9 Å². The number of carbonyl (C=O) groups is 1. The first-order valence-corrected chi connectivity index (χ1v) is 9.72. The van der Waals surface area contributed by atoms with E-state index in [-0.39, 0.29) is 12.1 Å². The summed E-state index contributed by atoms with van der Waals surface area (Å²) in [6.45, 7) is 8.58. The molecule has 2 aromatic rings. The number of likely N-dealkylation sites (tertiary alicyclic amines) is 1. The molecule has 2 heterocycles. The van der Waals surface area contributed by atoms with Crippen LogP contribution < -0.4 is 5.32 Å². The fourth-order valence-corrected chi connectivity index (χ4v) is 3.74. The van der Waals surface area contributed by atoms with Crippen molar-refractivity contribution in [3.05, 3.63) is 48.0 Å². The average Bonchev–Trinajstić information content (AvgIpc) is 3.29. The summed E-state index contributed by atoms with van der Waals surface area (Å²) in [6.07, 6.45) is 2.78. The molecule has 3 rings (SSSR count). The molecule has 0 spiro atoms. The topological polar surface area (TPSA) is 66.3 Å². The number of aromatic nitrogens is 3. The van der Waals surface area contributed by atoms with E-state index >= 15 is 0 Å². The van der Waals surface area contributed by atoms with Crippen molar-refractivity contribution in [3.8, 4) is 0 Å². The SMILES string of the molecule is CCN(CC1CCN(Cc2ccccc2)C1)C(=O)NC(C)c1nncn1C. The molecule has 0 bridgehead atoms. The molecule has 0 saturated carbocycles. The highest BCUT2D eigenvalue weighted by molar-refractivity contribution is 5.74. The first-order chi connectivity index (χ1) is 13.1. The normalized spacial score (nSPS) is 18.4. The molecule has 146 valence electrons. The highest BCUT2D eigenvalue weighted by Crippen LogP contribution is 2.20. The lowest BCUT2D eigenvalue weighted by Gasteiger charge is -2.26. The van der Waals surface area contributed by atoms with Gasteiger partial charge in [0, 0.05) is 33.2 Å². The van der Waals surface area contributed by atoms with Gasteiger partial charge in [-0.1, -0.05) is 30.3 Å². The van der Waals surface area contributed by atoms with Crippen LogP contribution in [0.25, 0.3) is 0 Å². The molecule has 1 aromatic carbocycles. The van der Waals surface area contributed by atoms with E-state index < -0.39 is 0 Å². The summed E-state index contributed by atoms with van der Waals surface area (Å²) in [5.41, 5.74) is 1.35. The highest BCUT2D eigenvalue weighted by Gasteiger charge is 2.26. The molecule has 27 heavy (non-hydrogen) atoms. The number of hydrogen-bond acceptors (Lipinski definition) is 4. The second kappa shape index (κ2) is 8.99. The Morgan fingerprint density at radius 3 is 2.81 bits per heavy atom. The maximum absolute atomic E-state index is 12.7. The second-order valence-electron chi connectivity index (χ2n) is 7.39. The van der Waals surface area contributed by atoms with Crippen LogP contribution >= 0.6 is 0 Å². The minimum Gasteiger partial charge on any atom is -0.328 e. The summed E-state index contributed by atoms with van der Waals surface area (Å²) in [5, 5.41) is 11.0. The summed E-state index contributed by atoms with van der Waals surface area (Å²) >= 11 is 0. The zero-order valence-corrected chi connectivity index (χ0v) is 16.5. The molecule has 1 N–H and O–H groups in total. The van der Waals surface area contributed by atoms with Crippen molar-refractivity contribution in [2.75, 3.05) is 26.2 Å². The zero-order chi connectivity index (χ0) is 19.2. The van der Waals surface area contributed by atoms with Crippen LogP contribution in [-0.4, -0.2) is 56.8 Å². The van der Waals surface area contributed by atoms with Gasteiger partial charge in [0.05, 0.1) is 6.04 Å². The van der Waals surface area contributed by atoms with Gasteiger partial charge in [-0.3, -0.25) is 4.90 Å². The van der Waals surface area contributed by atoms with Crippen LogP contribution in [0, 0.1) is 5.92 Å². The molecular weight excluding hydrogens is 340 g/mol. The Hall–Kier alpha value is -2.41. The van der Waals surface area contributed by atoms with Gasteiger partial charge in [0.15, 0.2) is 5.82 Å². The quantitative estimate of drug-likeness (QED) is 0.813. The van der Waals surface area contributed by atoms with Crippen molar-refractivity contribution in [2.45, 2.75) is 32.9 Å². The van der Waals surface area contributed by atoms with E-state index in [9.17, 15) is 4.79 Å². The maximum atomic E-state index is 12.7. The Balaban J connectivity index is 1.49. The van der Waals surface area contributed by atoms with Crippen molar-refractivity contribution < 1.29 is 4.79 Å². The van der Waals surface area contributed by atoms with E-state index in [1.165, 1.54) is 5.56 Å². The number of nitrogens with zero attached hydrogens (tertiary/aromatic N) is 5. The fraction of sp³-hybridized carbons (Fsp3) is 0.550. The summed E-state index contributed by atoms with van der Waals surface area (Å²) in [4.78, 5) is 17.1. The minimum absolute atomic E-state index is 0.0329. The predicted octanol–water partition coefficient (Wildman–Crippen LogP) is 2.43. The van der Waals surface area contributed by atoms with E-state index in [4.69, 9.17) is 0 Å². The van der Waals surface area contributed by atoms with Gasteiger partial charge >= 0.3 is 6.03 Å². The van der Waals surface area contributed by atoms with Crippen LogP contribution in [0.4, 0.5) is 4.79 Å². The Morgan fingerprint density at radius 1 is 1.37 bits per heavy atom. The lowest BCUT2D eigenvalue weighted by Crippen LogP contribution is -2.44. The number of amides is 2. The molecule has 2 amide bonds. The summed E-state index contributed by atoms with van der Waals surface area (Å²) in [6, 6.07) is 10.4. The van der Waals surface area contributed by atoms with Gasteiger partial charge in [-0.25, -0.2) is 4.79 Å². The van der Waals surface area contributed by atoms with Crippen molar-refractivity contribution in [3.63, 3.8) is 0 Å². The fourth-order valence-electron chi connectivity index (χ4n) is 3.74. The third-order valence-corrected chi connectivity index (χ3v) is 5.24. The molecule has 7 heteroatoms. The van der Waals surface area contributed by atoms with Gasteiger partial charge in [-0.2, -0.15) is 0 Å². The minimum atomic E-state index is -0.169. The van der Waals surface area contributed by atoms with Crippen LogP contribution in [0.3, 0.4) is 0 Å². The number of rotatable bonds is 7. The molecule has 0 radical (unpaired) electrons. The number of aryl methyl sites for hydroxylation is 1. The number of carbonyl (C=O) groups excluding carboxylic acids is 1. The Labute approximate surface area is 161 Å². The molecular formula is C20H30N6O. The second-order valence-corrected chi connectivity index (χ2v) is 7.39. The van der Waals surface area contributed by atoms with Crippen molar-refractivity contribution >= 4 is 6.03 Å². The van der Waals surface area contributed by atoms with E-state index in [2.05, 4.69) is 50.7 Å². The van der Waals surface area contributed by atoms with Gasteiger partial charge in [-0.15, -0.1) is 10.2 Å². The molecule has 7 nitrogen and oxygen atoms in total. The van der Waals surface area contributed by atoms with Gasteiger partial charge in [0.25, 0.3) is 0 Å². The average molecular weight is 371 g/mol. The van der Waals surface area contributed by atoms with Crippen molar-refractivity contribution in [1.29, 1.82) is 0 Å². The molecule has 1 aliphatic rings. The van der Waals surface area contributed by atoms with Gasteiger partial charge < -0.3 is 14.8 Å². The van der Waals surface area contributed by atoms with E-state index in [0.717, 1.165) is 38.4 Å². The molecule has 1 fully saturated rings. The monoisotopic (exact) mass is 370 g/mol. The highest BCUT2D eigenvalue weighted by atomic mass is 16.2. The Kier molecular flexibility index (Phi) is 6.45. The lowest BCUT2D eigenvalue weighted by atomic mass is 10.1. The Bertz CT molecular complexity index is 731. The van der Waals surface area contributed by atoms with Crippen LogP contribution in [-0.2, 0) is 13.6 Å². The van der Waals surface area contributed by atoms with E-state index in [0.29, 0.717) is 12.5 Å². The molecule has 1 saturated heterocycles. The predicted molar refractivity (Wildman–Crippen MR) is 105 cm³/mol. The number of benzene rings is 1. The van der Waals surface area contributed by atoms with E-state index in [1.54, 1.807) is 6.33 Å². The lowest BCUT2D eigenvalue weighted by molar-refractivity contribution is 0.186. The largest absolute Gasteiger partial charge is 0.328 e. The van der Waals surface area contributed by atoms with Crippen LogP contribution in [0.2, 0.25) is 0 Å². The van der Waals surface area contributed by atoms with Crippen LogP contribution in [0.5, 0.6) is 0 Å². The maximum Gasteiger partial charge on any atom is 0.317 e. The standard InChI is InChI=1S/C20H30N6O/c1-4-26(20(27)22-16(2)19-23-21-15-24(19)3)14-18-10-11-25(13-18)12-17-8-6-5-7-9-17/h5-9,15-16,18H,4,10-14H2,1-3H3,(H,22,27). The first-order valence-electron chi connectivity index (χ1n) is 9.72. The van der Waals surface area contributed by atoms with Gasteiger partial charge in [0.1, 0.15) is 6.33 Å². The molecule has 1 aromatic heterocycles. The summed E-state index contributed by atoms with van der Waals surface area (Å²) in [5.74, 6) is 1.28.